The highest BCUT2D eigenvalue weighted by Gasteiger charge is 2.38. The number of benzene rings is 8. The maximum absolute atomic E-state index is 2.52. The molecule has 0 saturated heterocycles. The first-order valence-electron chi connectivity index (χ1n) is 19.8. The molecule has 0 fully saturated rings. The molecule has 0 spiro atoms. The summed E-state index contributed by atoms with van der Waals surface area (Å²) in [7, 11) is 0. The van der Waals surface area contributed by atoms with E-state index in [1.165, 1.54) is 83.1 Å². The topological polar surface area (TPSA) is 8.17 Å². The smallest absolute Gasteiger partial charge is 0.0562 e. The second-order valence-electron chi connectivity index (χ2n) is 16.5. The quantitative estimate of drug-likeness (QED) is 0.172. The van der Waals surface area contributed by atoms with Crippen molar-refractivity contribution in [2.75, 3.05) is 4.90 Å². The van der Waals surface area contributed by atoms with Crippen LogP contribution in [0.4, 0.5) is 17.1 Å². The fourth-order valence-corrected chi connectivity index (χ4v) is 10.1. The molecule has 0 bridgehead atoms. The molecule has 0 saturated carbocycles. The Morgan fingerprint density at radius 1 is 0.411 bits per heavy atom. The standard InChI is InChI=1S/C54H42N2/c1-53(2)43-25-13-9-22-40(43)51-44(53)26-16-29-48(51)56-47-28-15-11-23-41(47)52-49(30-17-31-50(52)56)55(46-27-14-10-20-37(46)35-18-6-5-7-19-35)36-32-33-39-38-21-8-12-24-42(38)54(3,4)45(39)34-36/h5-34H,1-4H3. The van der Waals surface area contributed by atoms with E-state index in [0.29, 0.717) is 0 Å². The van der Waals surface area contributed by atoms with Gasteiger partial charge in [-0.2, -0.15) is 0 Å². The first-order valence-corrected chi connectivity index (χ1v) is 19.8. The van der Waals surface area contributed by atoms with Crippen molar-refractivity contribution in [2.24, 2.45) is 0 Å². The van der Waals surface area contributed by atoms with Crippen molar-refractivity contribution in [3.63, 3.8) is 0 Å². The van der Waals surface area contributed by atoms with E-state index in [-0.39, 0.29) is 10.8 Å². The molecule has 1 aromatic heterocycles. The number of rotatable bonds is 5. The summed E-state index contributed by atoms with van der Waals surface area (Å²) in [6.07, 6.45) is 0. The Labute approximate surface area is 328 Å². The van der Waals surface area contributed by atoms with Crippen LogP contribution in [0.25, 0.3) is 60.9 Å². The molecule has 56 heavy (non-hydrogen) atoms. The zero-order valence-electron chi connectivity index (χ0n) is 32.2. The molecule has 268 valence electrons. The van der Waals surface area contributed by atoms with Gasteiger partial charge in [-0.15, -0.1) is 0 Å². The second kappa shape index (κ2) is 11.9. The van der Waals surface area contributed by atoms with Crippen LogP contribution in [0.1, 0.15) is 49.9 Å². The molecule has 0 aliphatic heterocycles. The average Bonchev–Trinajstić information content (AvgIpc) is 3.79. The lowest BCUT2D eigenvalue weighted by molar-refractivity contribution is 0.660. The Morgan fingerprint density at radius 3 is 1.80 bits per heavy atom. The van der Waals surface area contributed by atoms with Crippen molar-refractivity contribution in [3.05, 3.63) is 204 Å². The van der Waals surface area contributed by atoms with Crippen LogP contribution in [0.15, 0.2) is 182 Å². The predicted octanol–water partition coefficient (Wildman–Crippen LogP) is 14.5. The SMILES string of the molecule is CC1(C)c2ccccc2-c2ccc(N(c3ccccc3-c3ccccc3)c3cccc4c3c3ccccc3n4-c3cccc4c3-c3ccccc3C4(C)C)cc21. The third-order valence-electron chi connectivity index (χ3n) is 12.8. The minimum absolute atomic E-state index is 0.0925. The Kier molecular flexibility index (Phi) is 6.98. The normalized spacial score (nSPS) is 14.4. The molecule has 0 amide bonds. The molecule has 2 nitrogen and oxygen atoms in total. The van der Waals surface area contributed by atoms with E-state index < -0.39 is 0 Å². The van der Waals surface area contributed by atoms with Gasteiger partial charge in [0.05, 0.1) is 28.1 Å². The van der Waals surface area contributed by atoms with Gasteiger partial charge in [0, 0.05) is 38.4 Å². The molecule has 2 aliphatic rings. The summed E-state index contributed by atoms with van der Waals surface area (Å²) in [5.41, 5.74) is 20.0. The molecule has 0 N–H and O–H groups in total. The van der Waals surface area contributed by atoms with Gasteiger partial charge in [0.2, 0.25) is 0 Å². The number of hydrogen-bond donors (Lipinski definition) is 0. The van der Waals surface area contributed by atoms with Gasteiger partial charge in [-0.1, -0.05) is 167 Å². The van der Waals surface area contributed by atoms with E-state index >= 15 is 0 Å². The third kappa shape index (κ3) is 4.50. The highest BCUT2D eigenvalue weighted by molar-refractivity contribution is 6.17. The molecule has 2 aliphatic carbocycles. The first-order chi connectivity index (χ1) is 27.3. The predicted molar refractivity (Wildman–Crippen MR) is 236 cm³/mol. The molecule has 0 radical (unpaired) electrons. The summed E-state index contributed by atoms with van der Waals surface area (Å²) in [6, 6.07) is 67.5. The summed E-state index contributed by atoms with van der Waals surface area (Å²) in [4.78, 5) is 2.52. The molecule has 1 heterocycles. The van der Waals surface area contributed by atoms with Crippen molar-refractivity contribution < 1.29 is 0 Å². The Balaban J connectivity index is 1.22. The van der Waals surface area contributed by atoms with Crippen LogP contribution in [0.2, 0.25) is 0 Å². The van der Waals surface area contributed by atoms with Crippen LogP contribution in [-0.2, 0) is 10.8 Å². The third-order valence-corrected chi connectivity index (χ3v) is 12.8. The van der Waals surface area contributed by atoms with Crippen molar-refractivity contribution >= 4 is 38.9 Å². The van der Waals surface area contributed by atoms with Crippen molar-refractivity contribution in [2.45, 2.75) is 38.5 Å². The fraction of sp³-hybridized carbons (Fsp3) is 0.111. The van der Waals surface area contributed by atoms with Crippen molar-refractivity contribution in [1.82, 2.24) is 4.57 Å². The Hall–Kier alpha value is -6.64. The van der Waals surface area contributed by atoms with E-state index in [1.807, 2.05) is 0 Å². The monoisotopic (exact) mass is 718 g/mol. The highest BCUT2D eigenvalue weighted by atomic mass is 15.2. The van der Waals surface area contributed by atoms with Crippen LogP contribution in [0.3, 0.4) is 0 Å². The number of nitrogens with zero attached hydrogens (tertiary/aromatic N) is 2. The number of hydrogen-bond acceptors (Lipinski definition) is 1. The summed E-state index contributed by atoms with van der Waals surface area (Å²) in [6.45, 7) is 9.47. The summed E-state index contributed by atoms with van der Waals surface area (Å²) in [5, 5.41) is 2.47. The minimum atomic E-state index is -0.133. The van der Waals surface area contributed by atoms with E-state index in [9.17, 15) is 0 Å². The average molecular weight is 719 g/mol. The largest absolute Gasteiger partial charge is 0.309 e. The van der Waals surface area contributed by atoms with Gasteiger partial charge in [0.15, 0.2) is 0 Å². The maximum atomic E-state index is 2.52. The molecular weight excluding hydrogens is 677 g/mol. The molecule has 9 aromatic rings. The van der Waals surface area contributed by atoms with Crippen molar-refractivity contribution in [3.8, 4) is 39.1 Å². The Morgan fingerprint density at radius 2 is 0.982 bits per heavy atom. The molecule has 0 unspecified atom stereocenters. The minimum Gasteiger partial charge on any atom is -0.309 e. The first kappa shape index (κ1) is 32.8. The summed E-state index contributed by atoms with van der Waals surface area (Å²) in [5.74, 6) is 0. The zero-order valence-corrected chi connectivity index (χ0v) is 32.2. The van der Waals surface area contributed by atoms with Crippen LogP contribution in [0, 0.1) is 0 Å². The van der Waals surface area contributed by atoms with E-state index in [0.717, 1.165) is 17.1 Å². The lowest BCUT2D eigenvalue weighted by Gasteiger charge is -2.30. The zero-order chi connectivity index (χ0) is 37.8. The second-order valence-corrected chi connectivity index (χ2v) is 16.5. The molecule has 8 aromatic carbocycles. The molecular formula is C54H42N2. The number of aromatic nitrogens is 1. The van der Waals surface area contributed by atoms with Crippen LogP contribution < -0.4 is 4.90 Å². The highest BCUT2D eigenvalue weighted by Crippen LogP contribution is 2.54. The van der Waals surface area contributed by atoms with Gasteiger partial charge in [0.1, 0.15) is 0 Å². The lowest BCUT2D eigenvalue weighted by atomic mass is 9.82. The Bertz CT molecular complexity index is 3030. The van der Waals surface area contributed by atoms with Crippen molar-refractivity contribution in [1.29, 1.82) is 0 Å². The fourth-order valence-electron chi connectivity index (χ4n) is 10.1. The molecule has 2 heteroatoms. The van der Waals surface area contributed by atoms with Gasteiger partial charge >= 0.3 is 0 Å². The maximum Gasteiger partial charge on any atom is 0.0562 e. The van der Waals surface area contributed by atoms with Gasteiger partial charge < -0.3 is 9.47 Å². The summed E-state index contributed by atoms with van der Waals surface area (Å²) >= 11 is 0. The van der Waals surface area contributed by atoms with Crippen LogP contribution >= 0.6 is 0 Å². The molecule has 11 rings (SSSR count). The van der Waals surface area contributed by atoms with E-state index in [2.05, 4.69) is 219 Å². The van der Waals surface area contributed by atoms with Gasteiger partial charge in [-0.25, -0.2) is 0 Å². The lowest BCUT2D eigenvalue weighted by Crippen LogP contribution is -2.17. The summed E-state index contributed by atoms with van der Waals surface area (Å²) < 4.78 is 2.52. The van der Waals surface area contributed by atoms with Gasteiger partial charge in [-0.05, 0) is 87.0 Å². The number of fused-ring (bicyclic) bond motifs is 9. The molecule has 0 atom stereocenters. The van der Waals surface area contributed by atoms with Gasteiger partial charge in [-0.3, -0.25) is 0 Å². The number of para-hydroxylation sites is 2. The van der Waals surface area contributed by atoms with E-state index in [4.69, 9.17) is 0 Å². The van der Waals surface area contributed by atoms with E-state index in [1.54, 1.807) is 0 Å². The van der Waals surface area contributed by atoms with Crippen LogP contribution in [0.5, 0.6) is 0 Å². The number of anilines is 3. The van der Waals surface area contributed by atoms with Gasteiger partial charge in [0.25, 0.3) is 0 Å². The van der Waals surface area contributed by atoms with Crippen LogP contribution in [-0.4, -0.2) is 4.57 Å².